The molecule has 1 unspecified atom stereocenters. The number of aromatic nitrogens is 3. The minimum Gasteiger partial charge on any atom is -0.404 e. The third kappa shape index (κ3) is 3.18. The number of aryl methyl sites for hydroxylation is 1. The Morgan fingerprint density at radius 2 is 2.07 bits per heavy atom. The molecule has 1 atom stereocenters. The van der Waals surface area contributed by atoms with Gasteiger partial charge in [-0.1, -0.05) is 6.07 Å². The van der Waals surface area contributed by atoms with E-state index >= 15 is 0 Å². The lowest BCUT2D eigenvalue weighted by Gasteiger charge is -2.38. The Hall–Kier alpha value is -3.48. The standard InChI is InChI=1S/C22H20N4O3/c27-21-18-12-15(22(28)29-20-7-10-24-25-20)5-4-14(18)8-11-26(21)19-3-1-2-16-13-23-9-6-17(16)19/h4-7,9-10,12-13,19H,1-3,8,11H2,(H,24,25). The minimum absolute atomic E-state index is 0.0305. The van der Waals surface area contributed by atoms with Crippen molar-refractivity contribution in [3.63, 3.8) is 0 Å². The Kier molecular flexibility index (Phi) is 4.35. The van der Waals surface area contributed by atoms with Gasteiger partial charge in [-0.05, 0) is 60.6 Å². The number of rotatable bonds is 3. The number of aromatic amines is 1. The van der Waals surface area contributed by atoms with Crippen molar-refractivity contribution >= 4 is 11.9 Å². The summed E-state index contributed by atoms with van der Waals surface area (Å²) in [7, 11) is 0. The summed E-state index contributed by atoms with van der Waals surface area (Å²) in [6.45, 7) is 0.677. The molecule has 0 bridgehead atoms. The van der Waals surface area contributed by atoms with Crippen molar-refractivity contribution in [3.8, 4) is 5.88 Å². The van der Waals surface area contributed by atoms with E-state index in [2.05, 4.69) is 15.2 Å². The van der Waals surface area contributed by atoms with Gasteiger partial charge in [0.15, 0.2) is 0 Å². The molecule has 1 aliphatic carbocycles. The Morgan fingerprint density at radius 1 is 1.14 bits per heavy atom. The van der Waals surface area contributed by atoms with Crippen molar-refractivity contribution in [2.45, 2.75) is 31.7 Å². The van der Waals surface area contributed by atoms with Crippen molar-refractivity contribution in [2.75, 3.05) is 6.54 Å². The lowest BCUT2D eigenvalue weighted by atomic mass is 9.86. The molecule has 1 N–H and O–H groups in total. The van der Waals surface area contributed by atoms with E-state index in [1.807, 2.05) is 23.2 Å². The summed E-state index contributed by atoms with van der Waals surface area (Å²) in [5, 5.41) is 6.36. The maximum Gasteiger partial charge on any atom is 0.344 e. The Morgan fingerprint density at radius 3 is 2.93 bits per heavy atom. The molecule has 0 saturated carbocycles. The molecule has 2 aliphatic rings. The first-order valence-corrected chi connectivity index (χ1v) is 9.79. The van der Waals surface area contributed by atoms with Gasteiger partial charge in [0.05, 0.1) is 17.8 Å². The van der Waals surface area contributed by atoms with Crippen LogP contribution in [0.2, 0.25) is 0 Å². The number of ether oxygens (including phenoxy) is 1. The van der Waals surface area contributed by atoms with Gasteiger partial charge < -0.3 is 9.64 Å². The number of carbonyl (C=O) groups is 2. The lowest BCUT2D eigenvalue weighted by Crippen LogP contribution is -2.41. The van der Waals surface area contributed by atoms with Gasteiger partial charge in [0, 0.05) is 30.6 Å². The van der Waals surface area contributed by atoms with Crippen molar-refractivity contribution in [2.24, 2.45) is 0 Å². The number of nitrogens with one attached hydrogen (secondary N) is 1. The molecule has 29 heavy (non-hydrogen) atoms. The van der Waals surface area contributed by atoms with Gasteiger partial charge in [0.1, 0.15) is 0 Å². The summed E-state index contributed by atoms with van der Waals surface area (Å²) in [5.41, 5.74) is 4.31. The van der Waals surface area contributed by atoms with E-state index in [-0.39, 0.29) is 17.8 Å². The maximum atomic E-state index is 13.4. The molecule has 7 heteroatoms. The summed E-state index contributed by atoms with van der Waals surface area (Å²) in [6.07, 6.45) is 8.97. The average molecular weight is 388 g/mol. The van der Waals surface area contributed by atoms with Gasteiger partial charge in [-0.25, -0.2) is 9.89 Å². The number of carbonyl (C=O) groups excluding carboxylic acids is 2. The van der Waals surface area contributed by atoms with Crippen LogP contribution in [0.1, 0.15) is 56.3 Å². The van der Waals surface area contributed by atoms with E-state index in [9.17, 15) is 9.59 Å². The number of fused-ring (bicyclic) bond motifs is 2. The monoisotopic (exact) mass is 388 g/mol. The molecule has 0 saturated heterocycles. The van der Waals surface area contributed by atoms with Gasteiger partial charge in [0.2, 0.25) is 5.88 Å². The van der Waals surface area contributed by atoms with Gasteiger partial charge >= 0.3 is 5.97 Å². The molecule has 5 rings (SSSR count). The molecule has 0 spiro atoms. The molecule has 1 amide bonds. The van der Waals surface area contributed by atoms with Crippen LogP contribution in [0.5, 0.6) is 5.88 Å². The summed E-state index contributed by atoms with van der Waals surface area (Å²) in [6, 6.07) is 8.87. The van der Waals surface area contributed by atoms with Gasteiger partial charge in [-0.15, -0.1) is 0 Å². The van der Waals surface area contributed by atoms with Crippen LogP contribution >= 0.6 is 0 Å². The highest BCUT2D eigenvalue weighted by Gasteiger charge is 2.33. The minimum atomic E-state index is -0.518. The van der Waals surface area contributed by atoms with Crippen molar-refractivity contribution in [1.29, 1.82) is 0 Å². The van der Waals surface area contributed by atoms with E-state index in [1.165, 1.54) is 17.3 Å². The van der Waals surface area contributed by atoms with Crippen LogP contribution < -0.4 is 4.74 Å². The normalized spacial score (nSPS) is 18.1. The van der Waals surface area contributed by atoms with Crippen LogP contribution in [0.15, 0.2) is 48.9 Å². The molecule has 146 valence electrons. The zero-order valence-electron chi connectivity index (χ0n) is 15.8. The molecule has 3 aromatic rings. The van der Waals surface area contributed by atoms with Crippen LogP contribution in [-0.2, 0) is 12.8 Å². The number of hydrogen-bond acceptors (Lipinski definition) is 5. The first kappa shape index (κ1) is 17.6. The molecule has 1 aromatic carbocycles. The number of esters is 1. The lowest BCUT2D eigenvalue weighted by molar-refractivity contribution is 0.0638. The number of hydrogen-bond donors (Lipinski definition) is 1. The number of amides is 1. The second kappa shape index (κ2) is 7.16. The van der Waals surface area contributed by atoms with Gasteiger partial charge in [-0.2, -0.15) is 5.10 Å². The zero-order valence-corrected chi connectivity index (χ0v) is 15.8. The first-order chi connectivity index (χ1) is 14.2. The number of pyridine rings is 1. The van der Waals surface area contributed by atoms with E-state index in [0.29, 0.717) is 17.7 Å². The quantitative estimate of drug-likeness (QED) is 0.697. The smallest absolute Gasteiger partial charge is 0.344 e. The summed E-state index contributed by atoms with van der Waals surface area (Å²) < 4.78 is 5.27. The van der Waals surface area contributed by atoms with Crippen LogP contribution in [0.4, 0.5) is 0 Å². The highest BCUT2D eigenvalue weighted by molar-refractivity contribution is 6.00. The van der Waals surface area contributed by atoms with Crippen molar-refractivity contribution in [3.05, 3.63) is 76.7 Å². The molecule has 7 nitrogen and oxygen atoms in total. The Labute approximate surface area is 167 Å². The highest BCUT2D eigenvalue weighted by Crippen LogP contribution is 2.36. The largest absolute Gasteiger partial charge is 0.404 e. The van der Waals surface area contributed by atoms with Crippen LogP contribution in [0, 0.1) is 0 Å². The molecule has 0 radical (unpaired) electrons. The van der Waals surface area contributed by atoms with E-state index in [0.717, 1.165) is 31.2 Å². The molecular formula is C22H20N4O3. The Balaban J connectivity index is 1.43. The predicted octanol–water partition coefficient (Wildman–Crippen LogP) is 3.10. The first-order valence-electron chi connectivity index (χ1n) is 9.79. The fraction of sp³-hybridized carbons (Fsp3) is 0.273. The van der Waals surface area contributed by atoms with E-state index in [4.69, 9.17) is 4.74 Å². The van der Waals surface area contributed by atoms with Crippen LogP contribution in [0.25, 0.3) is 0 Å². The summed E-state index contributed by atoms with van der Waals surface area (Å²) in [5.74, 6) is -0.277. The number of H-pyrrole nitrogens is 1. The van der Waals surface area contributed by atoms with Crippen LogP contribution in [0.3, 0.4) is 0 Å². The fourth-order valence-corrected chi connectivity index (χ4v) is 4.31. The van der Waals surface area contributed by atoms with E-state index < -0.39 is 5.97 Å². The van der Waals surface area contributed by atoms with Crippen molar-refractivity contribution in [1.82, 2.24) is 20.1 Å². The number of nitrogens with zero attached hydrogens (tertiary/aromatic N) is 3. The van der Waals surface area contributed by atoms with E-state index in [1.54, 1.807) is 24.4 Å². The molecule has 2 aromatic heterocycles. The molecule has 0 fully saturated rings. The zero-order chi connectivity index (χ0) is 19.8. The van der Waals surface area contributed by atoms with Crippen LogP contribution in [-0.4, -0.2) is 38.5 Å². The third-order valence-electron chi connectivity index (χ3n) is 5.74. The van der Waals surface area contributed by atoms with Gasteiger partial charge in [-0.3, -0.25) is 9.78 Å². The topological polar surface area (TPSA) is 88.2 Å². The maximum absolute atomic E-state index is 13.4. The predicted molar refractivity (Wildman–Crippen MR) is 105 cm³/mol. The number of benzene rings is 1. The van der Waals surface area contributed by atoms with Gasteiger partial charge in [0.25, 0.3) is 5.91 Å². The molecule has 1 aliphatic heterocycles. The van der Waals surface area contributed by atoms with Crippen molar-refractivity contribution < 1.29 is 14.3 Å². The molecule has 3 heterocycles. The highest BCUT2D eigenvalue weighted by atomic mass is 16.5. The Bertz CT molecular complexity index is 1080. The average Bonchev–Trinajstić information content (AvgIpc) is 3.27. The summed E-state index contributed by atoms with van der Waals surface area (Å²) >= 11 is 0. The third-order valence-corrected chi connectivity index (χ3v) is 5.74. The SMILES string of the molecule is O=C(Oc1ccn[nH]1)c1ccc2c(c1)C(=O)N(C1CCCc3cnccc31)CC2. The molecular weight excluding hydrogens is 368 g/mol. The second-order valence-corrected chi connectivity index (χ2v) is 7.41. The fourth-order valence-electron chi connectivity index (χ4n) is 4.31. The summed E-state index contributed by atoms with van der Waals surface area (Å²) in [4.78, 5) is 32.0. The second-order valence-electron chi connectivity index (χ2n) is 7.41.